The van der Waals surface area contributed by atoms with E-state index in [0.717, 1.165) is 55.7 Å². The number of rotatable bonds is 7. The van der Waals surface area contributed by atoms with E-state index >= 15 is 0 Å². The molecule has 7 heterocycles. The number of aromatic nitrogens is 9. The van der Waals surface area contributed by atoms with E-state index in [9.17, 15) is 9.59 Å². The minimum Gasteiger partial charge on any atom is -0.286 e. The van der Waals surface area contributed by atoms with Gasteiger partial charge in [-0.2, -0.15) is 8.97 Å². The van der Waals surface area contributed by atoms with Crippen molar-refractivity contribution in [1.82, 2.24) is 38.5 Å². The van der Waals surface area contributed by atoms with E-state index in [0.29, 0.717) is 35.4 Å². The van der Waals surface area contributed by atoms with Crippen LogP contribution in [0.1, 0.15) is 11.1 Å². The zero-order valence-corrected chi connectivity index (χ0v) is 29.3. The number of hydrogen-bond donors (Lipinski definition) is 0. The van der Waals surface area contributed by atoms with Gasteiger partial charge in [-0.15, -0.1) is 0 Å². The second-order valence-electron chi connectivity index (χ2n) is 13.3. The molecular weight excluding hydrogens is 687 g/mol. The summed E-state index contributed by atoms with van der Waals surface area (Å²) in [6, 6.07) is 38.2. The van der Waals surface area contributed by atoms with Crippen molar-refractivity contribution in [1.29, 1.82) is 0 Å². The van der Waals surface area contributed by atoms with Crippen LogP contribution in [0.4, 0.5) is 0 Å². The highest BCUT2D eigenvalue weighted by molar-refractivity contribution is 5.84. The summed E-state index contributed by atoms with van der Waals surface area (Å²) in [5.74, 6) is 0. The molecule has 0 spiro atoms. The van der Waals surface area contributed by atoms with E-state index in [1.165, 1.54) is 12.4 Å². The molecule has 262 valence electrons. The molecule has 0 radical (unpaired) electrons. The summed E-state index contributed by atoms with van der Waals surface area (Å²) in [4.78, 5) is 48.9. The molecule has 11 heteroatoms. The number of pyridine rings is 4. The first-order chi connectivity index (χ1) is 27.1. The normalized spacial score (nSPS) is 11.6. The van der Waals surface area contributed by atoms with E-state index < -0.39 is 0 Å². The van der Waals surface area contributed by atoms with Crippen molar-refractivity contribution in [2.45, 2.75) is 13.1 Å². The number of nitrogens with zero attached hydrogens (tertiary/aromatic N) is 9. The highest BCUT2D eigenvalue weighted by Crippen LogP contribution is 2.27. The molecule has 10 aromatic rings. The van der Waals surface area contributed by atoms with Gasteiger partial charge in [0.1, 0.15) is 11.7 Å². The molecule has 0 fully saturated rings. The van der Waals surface area contributed by atoms with Crippen LogP contribution < -0.4 is 15.7 Å². The van der Waals surface area contributed by atoms with Gasteiger partial charge in [-0.1, -0.05) is 54.6 Å². The summed E-state index contributed by atoms with van der Waals surface area (Å²) in [7, 11) is 0. The largest absolute Gasteiger partial charge is 0.291 e. The third-order valence-electron chi connectivity index (χ3n) is 9.93. The second kappa shape index (κ2) is 13.1. The minimum atomic E-state index is -0.236. The Hall–Kier alpha value is -7.66. The first-order valence-electron chi connectivity index (χ1n) is 17.8. The standard InChI is InChI=1S/C44H30N9O2/c54-40-24-48-36-12-6-18-46-43(36)52(40)26-30-8-4-10-34(22-30)38-28-51(39-13-1-2-20-50(38)39)37-16-19-47-44-42(37)49-25-41(55)53(44)27-29-7-3-9-31(21-29)32-14-15-35-33(23-32)11-5-17-45-35/h1-25,28H,26-27H2/q+1. The Kier molecular flexibility index (Phi) is 7.62. The van der Waals surface area contributed by atoms with Crippen molar-refractivity contribution in [3.8, 4) is 28.1 Å². The lowest BCUT2D eigenvalue weighted by atomic mass is 10.0. The lowest BCUT2D eigenvalue weighted by Crippen LogP contribution is -2.31. The van der Waals surface area contributed by atoms with Gasteiger partial charge in [0.05, 0.1) is 37.2 Å². The van der Waals surface area contributed by atoms with Crippen molar-refractivity contribution in [3.63, 3.8) is 0 Å². The van der Waals surface area contributed by atoms with Gasteiger partial charge in [0.2, 0.25) is 0 Å². The molecule has 0 aliphatic carbocycles. The Balaban J connectivity index is 1.03. The Bertz CT molecular complexity index is 3240. The van der Waals surface area contributed by atoms with E-state index in [1.54, 1.807) is 27.7 Å². The van der Waals surface area contributed by atoms with Crippen LogP contribution in [0, 0.1) is 0 Å². The van der Waals surface area contributed by atoms with Crippen LogP contribution in [0.5, 0.6) is 0 Å². The molecule has 11 nitrogen and oxygen atoms in total. The first kappa shape index (κ1) is 32.0. The average Bonchev–Trinajstić information content (AvgIpc) is 3.62. The summed E-state index contributed by atoms with van der Waals surface area (Å²) < 4.78 is 7.51. The fourth-order valence-electron chi connectivity index (χ4n) is 7.33. The van der Waals surface area contributed by atoms with Gasteiger partial charge in [-0.25, -0.2) is 19.9 Å². The molecule has 0 unspecified atom stereocenters. The van der Waals surface area contributed by atoms with Crippen molar-refractivity contribution < 1.29 is 4.57 Å². The molecule has 55 heavy (non-hydrogen) atoms. The highest BCUT2D eigenvalue weighted by Gasteiger charge is 2.23. The molecule has 0 aliphatic rings. The molecule has 0 bridgehead atoms. The minimum absolute atomic E-state index is 0.214. The predicted molar refractivity (Wildman–Crippen MR) is 211 cm³/mol. The first-order valence-corrected chi connectivity index (χ1v) is 17.8. The van der Waals surface area contributed by atoms with Crippen LogP contribution in [0.2, 0.25) is 0 Å². The maximum atomic E-state index is 13.5. The maximum absolute atomic E-state index is 13.5. The molecule has 0 saturated heterocycles. The number of fused-ring (bicyclic) bond motifs is 4. The fraction of sp³-hybridized carbons (Fsp3) is 0.0455. The molecule has 0 saturated carbocycles. The van der Waals surface area contributed by atoms with Crippen LogP contribution in [-0.2, 0) is 13.1 Å². The van der Waals surface area contributed by atoms with Gasteiger partial charge in [-0.05, 0) is 70.8 Å². The van der Waals surface area contributed by atoms with Gasteiger partial charge in [0.15, 0.2) is 28.2 Å². The summed E-state index contributed by atoms with van der Waals surface area (Å²) in [5, 5.41) is 1.07. The average molecular weight is 717 g/mol. The number of hydrogen-bond acceptors (Lipinski definition) is 7. The quantitative estimate of drug-likeness (QED) is 0.175. The third-order valence-corrected chi connectivity index (χ3v) is 9.93. The van der Waals surface area contributed by atoms with Gasteiger partial charge >= 0.3 is 0 Å². The molecule has 0 N–H and O–H groups in total. The zero-order chi connectivity index (χ0) is 36.9. The van der Waals surface area contributed by atoms with Gasteiger partial charge < -0.3 is 0 Å². The summed E-state index contributed by atoms with van der Waals surface area (Å²) in [5.41, 5.74) is 10.4. The smallest absolute Gasteiger partial charge is 0.286 e. The predicted octanol–water partition coefficient (Wildman–Crippen LogP) is 6.40. The number of imidazole rings is 1. The van der Waals surface area contributed by atoms with Crippen LogP contribution >= 0.6 is 0 Å². The van der Waals surface area contributed by atoms with E-state index in [1.807, 2.05) is 79.0 Å². The van der Waals surface area contributed by atoms with Crippen LogP contribution in [0.15, 0.2) is 168 Å². The number of benzene rings is 3. The van der Waals surface area contributed by atoms with Crippen LogP contribution in [-0.4, -0.2) is 38.5 Å². The molecule has 0 atom stereocenters. The molecule has 0 amide bonds. The van der Waals surface area contributed by atoms with Crippen molar-refractivity contribution >= 4 is 38.9 Å². The summed E-state index contributed by atoms with van der Waals surface area (Å²) in [6.45, 7) is 0.660. The van der Waals surface area contributed by atoms with E-state index in [2.05, 4.69) is 77.6 Å². The van der Waals surface area contributed by atoms with E-state index in [4.69, 9.17) is 4.98 Å². The van der Waals surface area contributed by atoms with Crippen molar-refractivity contribution in [2.24, 2.45) is 0 Å². The maximum Gasteiger partial charge on any atom is 0.291 e. The Morgan fingerprint density at radius 2 is 1.27 bits per heavy atom. The monoisotopic (exact) mass is 716 g/mol. The summed E-state index contributed by atoms with van der Waals surface area (Å²) in [6.07, 6.45) is 12.0. The SMILES string of the molecule is O=c1cnc2cccnc2n1Cc1cccc(-c2c[n+](-c3ccnc4c3ncc(=O)n4Cc3cccc(-c4ccc5ncccc5c4)c3)c3ccccn23)c1. The van der Waals surface area contributed by atoms with Crippen LogP contribution in [0.3, 0.4) is 0 Å². The van der Waals surface area contributed by atoms with Gasteiger partial charge in [0, 0.05) is 41.7 Å². The zero-order valence-electron chi connectivity index (χ0n) is 29.3. The Morgan fingerprint density at radius 3 is 2.15 bits per heavy atom. The molecule has 7 aromatic heterocycles. The highest BCUT2D eigenvalue weighted by atomic mass is 16.1. The lowest BCUT2D eigenvalue weighted by Gasteiger charge is -2.11. The van der Waals surface area contributed by atoms with Crippen molar-refractivity contribution in [3.05, 3.63) is 190 Å². The van der Waals surface area contributed by atoms with Crippen LogP contribution in [0.25, 0.3) is 66.9 Å². The Labute approximate surface area is 312 Å². The molecule has 0 aliphatic heterocycles. The molecule has 10 rings (SSSR count). The van der Waals surface area contributed by atoms with Gasteiger partial charge in [0.25, 0.3) is 16.8 Å². The van der Waals surface area contributed by atoms with E-state index in [-0.39, 0.29) is 11.1 Å². The molecular formula is C44H30N9O2+. The lowest BCUT2D eigenvalue weighted by molar-refractivity contribution is -0.564. The second-order valence-corrected chi connectivity index (χ2v) is 13.3. The van der Waals surface area contributed by atoms with Crippen molar-refractivity contribution in [2.75, 3.05) is 0 Å². The summed E-state index contributed by atoms with van der Waals surface area (Å²) >= 11 is 0. The molecule has 3 aromatic carbocycles. The fourth-order valence-corrected chi connectivity index (χ4v) is 7.33. The third kappa shape index (κ3) is 5.71. The van der Waals surface area contributed by atoms with Gasteiger partial charge in [-0.3, -0.25) is 23.7 Å². The Morgan fingerprint density at radius 1 is 0.545 bits per heavy atom. The topological polar surface area (TPSA) is 117 Å².